The van der Waals surface area contributed by atoms with Crippen LogP contribution in [-0.4, -0.2) is 79.1 Å². The van der Waals surface area contributed by atoms with Gasteiger partial charge in [0.25, 0.3) is 0 Å². The van der Waals surface area contributed by atoms with E-state index in [1.807, 2.05) is 0 Å². The number of nitrogens with one attached hydrogen (secondary N) is 4. The molecule has 0 fully saturated rings. The van der Waals surface area contributed by atoms with Crippen LogP contribution in [0.3, 0.4) is 0 Å². The first-order valence-electron chi connectivity index (χ1n) is 10.8. The van der Waals surface area contributed by atoms with Crippen LogP contribution in [-0.2, 0) is 36.8 Å². The molecule has 3 amide bonds. The van der Waals surface area contributed by atoms with Crippen molar-refractivity contribution in [3.63, 3.8) is 0 Å². The summed E-state index contributed by atoms with van der Waals surface area (Å²) in [6, 6.07) is 0.660. The monoisotopic (exact) mass is 504 g/mol. The maximum Gasteiger partial charge on any atom is 0.326 e. The van der Waals surface area contributed by atoms with Gasteiger partial charge in [0.2, 0.25) is 17.7 Å². The van der Waals surface area contributed by atoms with Crippen molar-refractivity contribution < 1.29 is 39.3 Å². The molecule has 0 aliphatic rings. The van der Waals surface area contributed by atoms with Crippen LogP contribution in [0.5, 0.6) is 5.75 Å². The normalized spacial score (nSPS) is 14.1. The molecule has 36 heavy (non-hydrogen) atoms. The minimum Gasteiger partial charge on any atom is -0.508 e. The van der Waals surface area contributed by atoms with Crippen molar-refractivity contribution in [3.8, 4) is 5.75 Å². The van der Waals surface area contributed by atoms with Crippen LogP contribution in [0.2, 0.25) is 0 Å². The van der Waals surface area contributed by atoms with Crippen molar-refractivity contribution in [1.29, 1.82) is 0 Å². The number of carboxylic acids is 2. The lowest BCUT2D eigenvalue weighted by molar-refractivity contribution is -0.142. The molecule has 1 heterocycles. The fourth-order valence-corrected chi connectivity index (χ4v) is 3.13. The van der Waals surface area contributed by atoms with Crippen LogP contribution < -0.4 is 21.7 Å². The number of benzene rings is 1. The summed E-state index contributed by atoms with van der Waals surface area (Å²) in [7, 11) is 0. The molecule has 0 bridgehead atoms. The average molecular weight is 505 g/mol. The van der Waals surface area contributed by atoms with Crippen molar-refractivity contribution >= 4 is 29.7 Å². The molecule has 0 aliphatic carbocycles. The van der Waals surface area contributed by atoms with Crippen LogP contribution in [0.25, 0.3) is 0 Å². The SMILES string of the molecule is CC(NC(=O)C(N)CC(=O)O)C(=O)NC(Cc1cnc[nH]1)C(=O)NC(Cc1ccc(O)cc1)C(=O)O. The van der Waals surface area contributed by atoms with Crippen molar-refractivity contribution in [2.45, 2.75) is 50.4 Å². The number of amides is 3. The summed E-state index contributed by atoms with van der Waals surface area (Å²) >= 11 is 0. The van der Waals surface area contributed by atoms with Gasteiger partial charge in [-0.3, -0.25) is 19.2 Å². The summed E-state index contributed by atoms with van der Waals surface area (Å²) in [5.74, 6) is -5.04. The molecule has 0 radical (unpaired) electrons. The number of phenols is 1. The third-order valence-electron chi connectivity index (χ3n) is 5.09. The number of carbonyl (C=O) groups is 5. The predicted molar refractivity (Wildman–Crippen MR) is 123 cm³/mol. The highest BCUT2D eigenvalue weighted by Gasteiger charge is 2.29. The molecule has 14 nitrogen and oxygen atoms in total. The molecule has 4 atom stereocenters. The maximum atomic E-state index is 13.0. The molecule has 2 rings (SSSR count). The van der Waals surface area contributed by atoms with E-state index in [0.717, 1.165) is 0 Å². The van der Waals surface area contributed by atoms with Gasteiger partial charge in [-0.1, -0.05) is 12.1 Å². The third kappa shape index (κ3) is 8.72. The first kappa shape index (κ1) is 27.8. The highest BCUT2D eigenvalue weighted by Crippen LogP contribution is 2.12. The molecule has 1 aromatic carbocycles. The Labute approximate surface area is 205 Å². The van der Waals surface area contributed by atoms with Crippen LogP contribution in [0.15, 0.2) is 36.8 Å². The van der Waals surface area contributed by atoms with Gasteiger partial charge in [-0.25, -0.2) is 9.78 Å². The lowest BCUT2D eigenvalue weighted by atomic mass is 10.0. The first-order chi connectivity index (χ1) is 17.0. The number of aromatic amines is 1. The second kappa shape index (κ2) is 12.9. The van der Waals surface area contributed by atoms with Crippen molar-refractivity contribution in [2.75, 3.05) is 0 Å². The van der Waals surface area contributed by atoms with Crippen LogP contribution in [0, 0.1) is 0 Å². The van der Waals surface area contributed by atoms with Gasteiger partial charge in [-0.2, -0.15) is 0 Å². The van der Waals surface area contributed by atoms with Gasteiger partial charge in [0.15, 0.2) is 0 Å². The largest absolute Gasteiger partial charge is 0.508 e. The topological polar surface area (TPSA) is 237 Å². The number of aliphatic carboxylic acids is 2. The van der Waals surface area contributed by atoms with Gasteiger partial charge < -0.3 is 42.0 Å². The Balaban J connectivity index is 2.10. The molecule has 0 saturated carbocycles. The lowest BCUT2D eigenvalue weighted by Crippen LogP contribution is -2.57. The number of imidazole rings is 1. The number of carbonyl (C=O) groups excluding carboxylic acids is 3. The van der Waals surface area contributed by atoms with Gasteiger partial charge in [-0.15, -0.1) is 0 Å². The van der Waals surface area contributed by atoms with Gasteiger partial charge in [0.05, 0.1) is 18.8 Å². The van der Waals surface area contributed by atoms with Gasteiger partial charge >= 0.3 is 11.9 Å². The van der Waals surface area contributed by atoms with Crippen LogP contribution >= 0.6 is 0 Å². The van der Waals surface area contributed by atoms with Crippen LogP contribution in [0.1, 0.15) is 24.6 Å². The maximum absolute atomic E-state index is 13.0. The molecule has 0 aliphatic heterocycles. The van der Waals surface area contributed by atoms with Crippen molar-refractivity contribution in [3.05, 3.63) is 48.0 Å². The first-order valence-corrected chi connectivity index (χ1v) is 10.8. The fourth-order valence-electron chi connectivity index (χ4n) is 3.13. The van der Waals surface area contributed by atoms with E-state index < -0.39 is 60.2 Å². The molecule has 14 heteroatoms. The predicted octanol–water partition coefficient (Wildman–Crippen LogP) is -1.74. The van der Waals surface area contributed by atoms with E-state index in [9.17, 15) is 34.2 Å². The molecule has 4 unspecified atom stereocenters. The Hall–Kier alpha value is -4.46. The van der Waals surface area contributed by atoms with Crippen LogP contribution in [0.4, 0.5) is 0 Å². The smallest absolute Gasteiger partial charge is 0.326 e. The number of hydrogen-bond acceptors (Lipinski definition) is 8. The zero-order valence-corrected chi connectivity index (χ0v) is 19.3. The highest BCUT2D eigenvalue weighted by atomic mass is 16.4. The second-order valence-electron chi connectivity index (χ2n) is 8.05. The number of aromatic hydroxyl groups is 1. The summed E-state index contributed by atoms with van der Waals surface area (Å²) < 4.78 is 0. The summed E-state index contributed by atoms with van der Waals surface area (Å²) in [5, 5.41) is 34.9. The fraction of sp³-hybridized carbons (Fsp3) is 0.364. The third-order valence-corrected chi connectivity index (χ3v) is 5.09. The molecule has 0 spiro atoms. The lowest BCUT2D eigenvalue weighted by Gasteiger charge is -2.23. The van der Waals surface area contributed by atoms with E-state index in [0.29, 0.717) is 11.3 Å². The van der Waals surface area contributed by atoms with E-state index >= 15 is 0 Å². The molecule has 9 N–H and O–H groups in total. The Kier molecular flexibility index (Phi) is 9.92. The average Bonchev–Trinajstić information content (AvgIpc) is 3.32. The van der Waals surface area contributed by atoms with Crippen molar-refractivity contribution in [2.24, 2.45) is 5.73 Å². The second-order valence-corrected chi connectivity index (χ2v) is 8.05. The van der Waals surface area contributed by atoms with E-state index in [1.165, 1.54) is 43.7 Å². The van der Waals surface area contributed by atoms with Gasteiger partial charge in [0, 0.05) is 24.7 Å². The molecule has 2 aromatic rings. The molecule has 0 saturated heterocycles. The zero-order valence-electron chi connectivity index (χ0n) is 19.3. The Morgan fingerprint density at radius 1 is 0.944 bits per heavy atom. The van der Waals surface area contributed by atoms with Crippen molar-refractivity contribution in [1.82, 2.24) is 25.9 Å². The molecule has 194 valence electrons. The number of aromatic nitrogens is 2. The molecular formula is C22H28N6O8. The quantitative estimate of drug-likeness (QED) is 0.153. The summed E-state index contributed by atoms with van der Waals surface area (Å²) in [4.78, 5) is 66.8. The van der Waals surface area contributed by atoms with E-state index in [-0.39, 0.29) is 18.6 Å². The Morgan fingerprint density at radius 2 is 1.58 bits per heavy atom. The van der Waals surface area contributed by atoms with E-state index in [1.54, 1.807) is 0 Å². The number of H-pyrrole nitrogens is 1. The molecule has 1 aromatic heterocycles. The minimum atomic E-state index is -1.38. The standard InChI is InChI=1S/C22H28N6O8/c1-11(26-20(33)15(23)8-18(30)31)19(32)27-16(7-13-9-24-10-25-13)21(34)28-17(22(35)36)6-12-2-4-14(29)5-3-12/h2-5,9-11,15-17,29H,6-8,23H2,1H3,(H,24,25)(H,26,33)(H,27,32)(H,28,34)(H,30,31)(H,35,36). The van der Waals surface area contributed by atoms with Gasteiger partial charge in [0.1, 0.15) is 23.9 Å². The zero-order chi connectivity index (χ0) is 26.8. The summed E-state index contributed by atoms with van der Waals surface area (Å²) in [6.45, 7) is 1.32. The Bertz CT molecular complexity index is 1070. The number of phenolic OH excluding ortho intramolecular Hbond substituents is 1. The number of nitrogens with zero attached hydrogens (tertiary/aromatic N) is 1. The number of hydrogen-bond donors (Lipinski definition) is 8. The summed E-state index contributed by atoms with van der Waals surface area (Å²) in [5.41, 5.74) is 6.51. The molecular weight excluding hydrogens is 476 g/mol. The summed E-state index contributed by atoms with van der Waals surface area (Å²) in [6.07, 6.45) is 2.00. The van der Waals surface area contributed by atoms with E-state index in [4.69, 9.17) is 10.8 Å². The van der Waals surface area contributed by atoms with Gasteiger partial charge in [-0.05, 0) is 24.6 Å². The number of carboxylic acid groups (broad SMARTS) is 2. The number of nitrogens with two attached hydrogens (primary N) is 1. The highest BCUT2D eigenvalue weighted by molar-refractivity contribution is 5.94. The minimum absolute atomic E-state index is 0.00196. The Morgan fingerprint density at radius 3 is 2.14 bits per heavy atom. The number of rotatable bonds is 13. The van der Waals surface area contributed by atoms with E-state index in [2.05, 4.69) is 25.9 Å².